The van der Waals surface area contributed by atoms with Gasteiger partial charge in [0.2, 0.25) is 0 Å². The molecule has 4 aliphatic rings. The van der Waals surface area contributed by atoms with Crippen LogP contribution in [0.5, 0.6) is 0 Å². The first-order valence-electron chi connectivity index (χ1n) is 9.22. The number of halogens is 1. The zero-order valence-electron chi connectivity index (χ0n) is 13.9. The number of carbonyl (C=O) groups is 1. The fourth-order valence-electron chi connectivity index (χ4n) is 6.61. The molecule has 3 fully saturated rings. The highest BCUT2D eigenvalue weighted by molar-refractivity contribution is 14.1. The highest BCUT2D eigenvalue weighted by Crippen LogP contribution is 2.65. The van der Waals surface area contributed by atoms with Crippen molar-refractivity contribution in [3.8, 4) is 0 Å². The highest BCUT2D eigenvalue weighted by atomic mass is 125. The van der Waals surface area contributed by atoms with Gasteiger partial charge in [0.25, 0.3) is 0 Å². The zero-order chi connectivity index (χ0) is 16.2. The Hall–Kier alpha value is -0.160. The van der Waals surface area contributed by atoms with Gasteiger partial charge in [-0.1, -0.05) is 35.1 Å². The first-order valence-corrected chi connectivity index (χ1v) is 10.5. The number of allylic oxidation sites excluding steroid dienone is 1. The summed E-state index contributed by atoms with van der Waals surface area (Å²) in [5.74, 6) is 3.16. The van der Waals surface area contributed by atoms with Crippen molar-refractivity contribution >= 4 is 28.4 Å². The van der Waals surface area contributed by atoms with Crippen molar-refractivity contribution in [1.82, 2.24) is 0 Å². The SMILES string of the molecule is C[C@]12CC[C@H]3[C@@H](CCC4=CC(=O)CC[C@@H]43)[C@@H]1CC[C@@]2(O)/C=C/[125I]. The number of aliphatic hydroxyl groups is 1. The number of carbonyl (C=O) groups excluding carboxylic acids is 1. The van der Waals surface area contributed by atoms with E-state index in [0.717, 1.165) is 43.9 Å². The average Bonchev–Trinajstić information content (AvgIpc) is 2.79. The van der Waals surface area contributed by atoms with E-state index in [1.165, 1.54) is 24.8 Å². The van der Waals surface area contributed by atoms with Gasteiger partial charge in [0.1, 0.15) is 0 Å². The van der Waals surface area contributed by atoms with E-state index in [1.807, 2.05) is 10.2 Å². The summed E-state index contributed by atoms with van der Waals surface area (Å²) in [4.78, 5) is 11.8. The predicted octanol–water partition coefficient (Wildman–Crippen LogP) is 4.81. The Labute approximate surface area is 152 Å². The normalized spacial score (nSPS) is 49.5. The summed E-state index contributed by atoms with van der Waals surface area (Å²) >= 11 is 2.24. The molecule has 126 valence electrons. The Morgan fingerprint density at radius 3 is 2.78 bits per heavy atom. The summed E-state index contributed by atoms with van der Waals surface area (Å²) in [5, 5.41) is 11.3. The second-order valence-corrected chi connectivity index (χ2v) is 9.23. The molecule has 6 atom stereocenters. The number of rotatable bonds is 1. The monoisotopic (exact) mass is 424 g/mol. The molecule has 0 saturated heterocycles. The maximum absolute atomic E-state index is 11.8. The molecule has 0 aromatic rings. The van der Waals surface area contributed by atoms with Crippen LogP contribution in [-0.4, -0.2) is 16.5 Å². The lowest BCUT2D eigenvalue weighted by molar-refractivity contribution is -0.116. The Morgan fingerprint density at radius 2 is 2.00 bits per heavy atom. The largest absolute Gasteiger partial charge is 0.385 e. The molecular weight excluding hydrogens is 397 g/mol. The van der Waals surface area contributed by atoms with Crippen LogP contribution in [0.25, 0.3) is 0 Å². The Morgan fingerprint density at radius 1 is 1.17 bits per heavy atom. The van der Waals surface area contributed by atoms with Crippen molar-refractivity contribution in [1.29, 1.82) is 0 Å². The first kappa shape index (κ1) is 16.3. The molecule has 0 aliphatic heterocycles. The Balaban J connectivity index is 1.64. The lowest BCUT2D eigenvalue weighted by atomic mass is 9.50. The van der Waals surface area contributed by atoms with Gasteiger partial charge in [0.05, 0.1) is 5.60 Å². The summed E-state index contributed by atoms with van der Waals surface area (Å²) in [7, 11) is 0. The van der Waals surface area contributed by atoms with Gasteiger partial charge in [0, 0.05) is 11.8 Å². The standard InChI is InChI=1S/C20H27IO2/c1-19-8-6-16-15-5-3-14(22)12-13(15)2-4-17(16)18(19)7-9-20(19,23)10-11-21/h10-12,15-18,23H,2-9H2,1H3/b11-10+/t15-,16+,17+,18-,19-,20+/m0/s1/i21-2. The molecule has 23 heavy (non-hydrogen) atoms. The summed E-state index contributed by atoms with van der Waals surface area (Å²) in [6, 6.07) is 0. The van der Waals surface area contributed by atoms with Gasteiger partial charge in [0.15, 0.2) is 5.78 Å². The molecule has 0 aromatic heterocycles. The molecule has 0 unspecified atom stereocenters. The van der Waals surface area contributed by atoms with E-state index >= 15 is 0 Å². The molecule has 4 rings (SSSR count). The minimum atomic E-state index is -0.609. The number of hydrogen-bond donors (Lipinski definition) is 1. The molecule has 3 saturated carbocycles. The minimum absolute atomic E-state index is 0.0432. The Bertz CT molecular complexity index is 580. The van der Waals surface area contributed by atoms with E-state index in [1.54, 1.807) is 0 Å². The molecule has 3 heteroatoms. The lowest BCUT2D eigenvalue weighted by Crippen LogP contribution is -2.51. The maximum atomic E-state index is 11.8. The molecule has 2 nitrogen and oxygen atoms in total. The quantitative estimate of drug-likeness (QED) is 0.614. The van der Waals surface area contributed by atoms with Crippen LogP contribution < -0.4 is 0 Å². The third kappa shape index (κ3) is 2.32. The Kier molecular flexibility index (Phi) is 4.03. The van der Waals surface area contributed by atoms with Crippen LogP contribution in [0, 0.1) is 29.1 Å². The van der Waals surface area contributed by atoms with Crippen molar-refractivity contribution in [3.63, 3.8) is 0 Å². The van der Waals surface area contributed by atoms with Gasteiger partial charge in [-0.2, -0.15) is 0 Å². The summed E-state index contributed by atoms with van der Waals surface area (Å²) in [6.45, 7) is 2.34. The van der Waals surface area contributed by atoms with Crippen LogP contribution in [0.15, 0.2) is 21.8 Å². The van der Waals surface area contributed by atoms with E-state index in [4.69, 9.17) is 0 Å². The van der Waals surface area contributed by atoms with Crippen molar-refractivity contribution in [2.45, 2.75) is 63.9 Å². The van der Waals surface area contributed by atoms with Crippen LogP contribution >= 0.6 is 22.6 Å². The van der Waals surface area contributed by atoms with Gasteiger partial charge in [-0.3, -0.25) is 4.79 Å². The van der Waals surface area contributed by atoms with Crippen LogP contribution in [0.4, 0.5) is 0 Å². The fourth-order valence-corrected chi connectivity index (χ4v) is 7.20. The summed E-state index contributed by atoms with van der Waals surface area (Å²) in [5.41, 5.74) is 0.885. The molecular formula is C20H27IO2. The van der Waals surface area contributed by atoms with E-state index in [9.17, 15) is 9.90 Å². The maximum Gasteiger partial charge on any atom is 0.155 e. The second-order valence-electron chi connectivity index (χ2n) is 8.52. The fraction of sp³-hybridized carbons (Fsp3) is 0.750. The van der Waals surface area contributed by atoms with Crippen LogP contribution in [0.2, 0.25) is 0 Å². The third-order valence-corrected chi connectivity index (χ3v) is 8.21. The lowest BCUT2D eigenvalue weighted by Gasteiger charge is -2.55. The number of hydrogen-bond acceptors (Lipinski definition) is 2. The van der Waals surface area contributed by atoms with Gasteiger partial charge in [-0.15, -0.1) is 0 Å². The van der Waals surface area contributed by atoms with Gasteiger partial charge in [-0.25, -0.2) is 0 Å². The van der Waals surface area contributed by atoms with Crippen LogP contribution in [0.3, 0.4) is 0 Å². The van der Waals surface area contributed by atoms with E-state index in [2.05, 4.69) is 35.6 Å². The van der Waals surface area contributed by atoms with Crippen LogP contribution in [-0.2, 0) is 4.79 Å². The molecule has 0 amide bonds. The van der Waals surface area contributed by atoms with Crippen molar-refractivity contribution in [3.05, 3.63) is 21.8 Å². The van der Waals surface area contributed by atoms with Crippen molar-refractivity contribution < 1.29 is 9.90 Å². The van der Waals surface area contributed by atoms with Gasteiger partial charge >= 0.3 is 0 Å². The molecule has 4 aliphatic carbocycles. The average molecular weight is 424 g/mol. The summed E-state index contributed by atoms with van der Waals surface area (Å²) in [6.07, 6.45) is 12.6. The highest BCUT2D eigenvalue weighted by Gasteiger charge is 2.61. The zero-order valence-corrected chi connectivity index (χ0v) is 16.1. The van der Waals surface area contributed by atoms with E-state index < -0.39 is 5.60 Å². The van der Waals surface area contributed by atoms with Gasteiger partial charge in [-0.05, 0) is 84.9 Å². The molecule has 0 spiro atoms. The first-order chi connectivity index (χ1) is 11.0. The molecule has 0 heterocycles. The minimum Gasteiger partial charge on any atom is -0.385 e. The smallest absolute Gasteiger partial charge is 0.155 e. The predicted molar refractivity (Wildman–Crippen MR) is 100 cm³/mol. The third-order valence-electron chi connectivity index (χ3n) is 7.85. The molecule has 0 bridgehead atoms. The van der Waals surface area contributed by atoms with E-state index in [0.29, 0.717) is 17.6 Å². The van der Waals surface area contributed by atoms with Crippen molar-refractivity contribution in [2.24, 2.45) is 29.1 Å². The second kappa shape index (κ2) is 5.69. The van der Waals surface area contributed by atoms with Gasteiger partial charge < -0.3 is 5.11 Å². The van der Waals surface area contributed by atoms with Crippen molar-refractivity contribution in [2.75, 3.05) is 0 Å². The molecule has 0 radical (unpaired) electrons. The number of ketones is 1. The van der Waals surface area contributed by atoms with E-state index in [-0.39, 0.29) is 5.41 Å². The van der Waals surface area contributed by atoms with Crippen LogP contribution in [0.1, 0.15) is 58.3 Å². The molecule has 1 N–H and O–H groups in total. The number of fused-ring (bicyclic) bond motifs is 5. The molecule has 0 aromatic carbocycles. The summed E-state index contributed by atoms with van der Waals surface area (Å²) < 4.78 is 2.01. The topological polar surface area (TPSA) is 37.3 Å².